The van der Waals surface area contributed by atoms with Crippen molar-refractivity contribution < 1.29 is 0 Å². The summed E-state index contributed by atoms with van der Waals surface area (Å²) in [7, 11) is 0. The first kappa shape index (κ1) is 8.95. The monoisotopic (exact) mass is 107 g/mol. The van der Waals surface area contributed by atoms with E-state index in [1.807, 2.05) is 0 Å². The number of thiocyanates is 1. The van der Waals surface area contributed by atoms with Crippen molar-refractivity contribution in [2.75, 3.05) is 6.26 Å². The van der Waals surface area contributed by atoms with Gasteiger partial charge in [-0.2, -0.15) is 17.9 Å². The molecule has 1 nitrogen and oxygen atoms in total. The molecule has 0 fully saturated rings. The zero-order valence-corrected chi connectivity index (χ0v) is 4.63. The van der Waals surface area contributed by atoms with Gasteiger partial charge in [-0.15, -0.1) is 0 Å². The van der Waals surface area contributed by atoms with Gasteiger partial charge >= 0.3 is 0 Å². The average molecular weight is 107 g/mol. The molecule has 3 heteroatoms. The Labute approximate surface area is 42.8 Å². The van der Waals surface area contributed by atoms with E-state index in [2.05, 4.69) is 25.3 Å². The topological polar surface area (TPSA) is 23.8 Å². The van der Waals surface area contributed by atoms with Crippen LogP contribution in [0.2, 0.25) is 0 Å². The van der Waals surface area contributed by atoms with Crippen LogP contribution in [0.3, 0.4) is 0 Å². The van der Waals surface area contributed by atoms with Gasteiger partial charge in [0.15, 0.2) is 0 Å². The van der Waals surface area contributed by atoms with Gasteiger partial charge in [0.2, 0.25) is 0 Å². The highest BCUT2D eigenvalue weighted by Crippen LogP contribution is 1.46. The van der Waals surface area contributed by atoms with Gasteiger partial charge in [0.1, 0.15) is 5.40 Å². The summed E-state index contributed by atoms with van der Waals surface area (Å²) in [5.41, 5.74) is 0. The van der Waals surface area contributed by atoms with Gasteiger partial charge in [-0.25, -0.2) is 0 Å². The first-order valence-electron chi connectivity index (χ1n) is 0.894. The maximum Gasteiger partial charge on any atom is 0.130 e. The molecule has 0 bridgehead atoms. The Morgan fingerprint density at radius 1 is 1.60 bits per heavy atom. The molecular formula is C2H5NS2. The number of nitriles is 1. The van der Waals surface area contributed by atoms with E-state index in [4.69, 9.17) is 5.26 Å². The van der Waals surface area contributed by atoms with Crippen molar-refractivity contribution in [3.63, 3.8) is 0 Å². The van der Waals surface area contributed by atoms with Gasteiger partial charge in [-0.1, -0.05) is 12.6 Å². The van der Waals surface area contributed by atoms with Gasteiger partial charge in [0, 0.05) is 0 Å². The quantitative estimate of drug-likeness (QED) is 0.349. The highest BCUT2D eigenvalue weighted by Gasteiger charge is 1.18. The summed E-state index contributed by atoms with van der Waals surface area (Å²) in [5.74, 6) is 0. The maximum absolute atomic E-state index is 7.18. The smallest absolute Gasteiger partial charge is 0.130 e. The average Bonchev–Trinajstić information content (AvgIpc) is 1.46. The molecule has 0 aromatic carbocycles. The summed E-state index contributed by atoms with van der Waals surface area (Å²) in [4.78, 5) is 0. The van der Waals surface area contributed by atoms with E-state index in [9.17, 15) is 0 Å². The van der Waals surface area contributed by atoms with Crippen molar-refractivity contribution in [2.45, 2.75) is 0 Å². The van der Waals surface area contributed by atoms with E-state index in [0.717, 1.165) is 0 Å². The number of nitrogens with zero attached hydrogens (tertiary/aromatic N) is 1. The zero-order chi connectivity index (χ0) is 4.71. The summed E-state index contributed by atoms with van der Waals surface area (Å²) < 4.78 is 0. The van der Waals surface area contributed by atoms with E-state index < -0.39 is 0 Å². The minimum atomic E-state index is 1.44. The van der Waals surface area contributed by atoms with Crippen molar-refractivity contribution in [3.8, 4) is 5.40 Å². The lowest BCUT2D eigenvalue weighted by molar-refractivity contribution is 1.57. The third-order valence-corrected chi connectivity index (χ3v) is 0. The Bertz CT molecular complexity index is 29.1. The lowest BCUT2D eigenvalue weighted by atomic mass is 11.8. The van der Waals surface area contributed by atoms with Crippen LogP contribution in [-0.2, 0) is 0 Å². The molecule has 0 atom stereocenters. The van der Waals surface area contributed by atoms with Gasteiger partial charge in [-0.05, 0) is 6.26 Å². The fraction of sp³-hybridized carbons (Fsp3) is 0.500. The van der Waals surface area contributed by atoms with Crippen molar-refractivity contribution >= 4 is 25.3 Å². The summed E-state index contributed by atoms with van der Waals surface area (Å²) in [6.07, 6.45) is 1.69. The second-order valence-corrected chi connectivity index (χ2v) is 0.300. The number of hydrogen-bond acceptors (Lipinski definition) is 3. The number of hydrogen-bond donors (Lipinski definition) is 2. The van der Waals surface area contributed by atoms with Crippen LogP contribution in [0.25, 0.3) is 0 Å². The molecule has 0 aromatic heterocycles. The van der Waals surface area contributed by atoms with E-state index in [-0.39, 0.29) is 0 Å². The van der Waals surface area contributed by atoms with Crippen LogP contribution < -0.4 is 0 Å². The first-order valence-corrected chi connectivity index (χ1v) is 2.24. The van der Waals surface area contributed by atoms with Crippen LogP contribution in [0, 0.1) is 10.7 Å². The molecule has 0 aliphatic rings. The van der Waals surface area contributed by atoms with Crippen molar-refractivity contribution in [2.24, 2.45) is 0 Å². The summed E-state index contributed by atoms with van der Waals surface area (Å²) in [6.45, 7) is 0. The lowest BCUT2D eigenvalue weighted by Gasteiger charge is -1.14. The first-order chi connectivity index (χ1) is 2.41. The highest BCUT2D eigenvalue weighted by atomic mass is 32.1. The minimum absolute atomic E-state index is 1.44. The molecule has 0 spiro atoms. The standard InChI is InChI=1S/CHNS.CH4S/c2-1-3;1-2/h3H;2H,1H3. The van der Waals surface area contributed by atoms with Crippen LogP contribution in [0.4, 0.5) is 0 Å². The van der Waals surface area contributed by atoms with Crippen LogP contribution in [0.5, 0.6) is 0 Å². The normalized spacial score (nSPS) is 2.80. The molecule has 0 saturated heterocycles. The minimum Gasteiger partial charge on any atom is -0.185 e. The molecule has 30 valence electrons. The molecule has 0 heterocycles. The van der Waals surface area contributed by atoms with Gasteiger partial charge in [0.05, 0.1) is 0 Å². The van der Waals surface area contributed by atoms with Crippen molar-refractivity contribution in [3.05, 3.63) is 0 Å². The largest absolute Gasteiger partial charge is 0.185 e. The van der Waals surface area contributed by atoms with E-state index >= 15 is 0 Å². The molecule has 0 N–H and O–H groups in total. The summed E-state index contributed by atoms with van der Waals surface area (Å²) in [5, 5.41) is 8.63. The Hall–Kier alpha value is 0.190. The molecule has 0 radical (unpaired) electrons. The molecule has 0 aliphatic carbocycles. The summed E-state index contributed by atoms with van der Waals surface area (Å²) >= 11 is 6.62. The van der Waals surface area contributed by atoms with Crippen molar-refractivity contribution in [1.82, 2.24) is 0 Å². The maximum atomic E-state index is 7.18. The van der Waals surface area contributed by atoms with E-state index in [0.29, 0.717) is 0 Å². The van der Waals surface area contributed by atoms with E-state index in [1.165, 1.54) is 5.40 Å². The second-order valence-electron chi connectivity index (χ2n) is 0.100. The predicted molar refractivity (Wildman–Crippen MR) is 29.5 cm³/mol. The third kappa shape index (κ3) is 557. The Balaban J connectivity index is 0. The Morgan fingerprint density at radius 3 is 1.60 bits per heavy atom. The zero-order valence-electron chi connectivity index (χ0n) is 2.84. The van der Waals surface area contributed by atoms with Crippen LogP contribution in [0.1, 0.15) is 0 Å². The Morgan fingerprint density at radius 2 is 1.60 bits per heavy atom. The third-order valence-electron chi connectivity index (χ3n) is 0. The van der Waals surface area contributed by atoms with Gasteiger partial charge < -0.3 is 0 Å². The SMILES string of the molecule is CS.N#CS. The molecule has 0 aliphatic heterocycles. The molecule has 5 heavy (non-hydrogen) atoms. The molecular weight excluding hydrogens is 102 g/mol. The fourth-order valence-corrected chi connectivity index (χ4v) is 0. The lowest BCUT2D eigenvalue weighted by Crippen LogP contribution is -0.961. The molecule has 0 aromatic rings. The van der Waals surface area contributed by atoms with Gasteiger partial charge in [-0.3, -0.25) is 0 Å². The summed E-state index contributed by atoms with van der Waals surface area (Å²) in [6, 6.07) is 0. The molecule has 0 unspecified atom stereocenters. The molecule has 0 rings (SSSR count). The van der Waals surface area contributed by atoms with Crippen LogP contribution in [0.15, 0.2) is 0 Å². The Kier molecular flexibility index (Phi) is 53.9. The van der Waals surface area contributed by atoms with E-state index in [1.54, 1.807) is 6.26 Å². The van der Waals surface area contributed by atoms with Crippen LogP contribution in [-0.4, -0.2) is 6.26 Å². The van der Waals surface area contributed by atoms with Crippen LogP contribution >= 0.6 is 25.3 Å². The second kappa shape index (κ2) is 30.1. The number of rotatable bonds is 0. The van der Waals surface area contributed by atoms with Crippen molar-refractivity contribution in [1.29, 1.82) is 5.26 Å². The molecule has 0 saturated carbocycles. The fourth-order valence-electron chi connectivity index (χ4n) is 0. The predicted octanol–water partition coefficient (Wildman–Crippen LogP) is 0.943. The van der Waals surface area contributed by atoms with Gasteiger partial charge in [0.25, 0.3) is 0 Å². The molecule has 0 amide bonds. The number of thiol groups is 2. The highest BCUT2D eigenvalue weighted by molar-refractivity contribution is 7.85.